The summed E-state index contributed by atoms with van der Waals surface area (Å²) in [5.74, 6) is -1.21. The highest BCUT2D eigenvalue weighted by Crippen LogP contribution is 2.21. The van der Waals surface area contributed by atoms with E-state index in [1.165, 1.54) is 25.2 Å². The van der Waals surface area contributed by atoms with Gasteiger partial charge in [0.2, 0.25) is 5.91 Å². The molecule has 0 fully saturated rings. The van der Waals surface area contributed by atoms with Crippen molar-refractivity contribution in [2.75, 3.05) is 0 Å². The zero-order valence-electron chi connectivity index (χ0n) is 9.62. The van der Waals surface area contributed by atoms with E-state index in [1.807, 2.05) is 11.4 Å². The summed E-state index contributed by atoms with van der Waals surface area (Å²) in [5, 5.41) is 13.5. The molecule has 0 radical (unpaired) electrons. The highest BCUT2D eigenvalue weighted by molar-refractivity contribution is 9.10. The maximum Gasteiger partial charge on any atom is 0.309 e. The van der Waals surface area contributed by atoms with Crippen LogP contribution in [-0.4, -0.2) is 17.0 Å². The number of hydrogen-bond donors (Lipinski definition) is 2. The van der Waals surface area contributed by atoms with Crippen LogP contribution in [0.15, 0.2) is 15.9 Å². The molecule has 0 aromatic carbocycles. The second kappa shape index (κ2) is 5.64. The molecule has 2 N–H and O–H groups in total. The Balaban J connectivity index is 2.43. The predicted octanol–water partition coefficient (Wildman–Crippen LogP) is 2.63. The van der Waals surface area contributed by atoms with Gasteiger partial charge in [0.15, 0.2) is 0 Å². The average molecular weight is 320 g/mol. The van der Waals surface area contributed by atoms with E-state index in [2.05, 4.69) is 21.2 Å². The zero-order valence-corrected chi connectivity index (χ0v) is 12.0. The lowest BCUT2D eigenvalue weighted by Gasteiger charge is -2.17. The third-order valence-electron chi connectivity index (χ3n) is 2.26. The molecule has 17 heavy (non-hydrogen) atoms. The number of carboxylic acid groups (broad SMARTS) is 1. The van der Waals surface area contributed by atoms with Crippen LogP contribution in [0.5, 0.6) is 0 Å². The molecule has 0 aliphatic rings. The molecule has 1 rings (SSSR count). The predicted molar refractivity (Wildman–Crippen MR) is 69.9 cm³/mol. The number of carbonyl (C=O) groups is 2. The second-order valence-corrected chi connectivity index (χ2v) is 6.29. The second-order valence-electron chi connectivity index (χ2n) is 4.37. The monoisotopic (exact) mass is 319 g/mol. The Morgan fingerprint density at radius 3 is 2.65 bits per heavy atom. The van der Waals surface area contributed by atoms with Crippen LogP contribution >= 0.6 is 27.3 Å². The molecule has 0 spiro atoms. The van der Waals surface area contributed by atoms with Crippen LogP contribution in [0.2, 0.25) is 0 Å². The van der Waals surface area contributed by atoms with Crippen molar-refractivity contribution in [2.24, 2.45) is 5.41 Å². The maximum atomic E-state index is 11.6. The standard InChI is InChI=1S/C11H14BrNO3S/c1-11(2,10(15)16)4-9(14)13-5-8-3-7(12)6-17-8/h3,6H,4-5H2,1-2H3,(H,13,14)(H,15,16). The quantitative estimate of drug-likeness (QED) is 0.876. The van der Waals surface area contributed by atoms with Crippen LogP contribution in [0.1, 0.15) is 25.1 Å². The average Bonchev–Trinajstić information content (AvgIpc) is 2.60. The van der Waals surface area contributed by atoms with Gasteiger partial charge in [-0.2, -0.15) is 0 Å². The van der Waals surface area contributed by atoms with Gasteiger partial charge in [0, 0.05) is 21.2 Å². The van der Waals surface area contributed by atoms with Crippen molar-refractivity contribution in [3.63, 3.8) is 0 Å². The summed E-state index contributed by atoms with van der Waals surface area (Å²) < 4.78 is 0.984. The van der Waals surface area contributed by atoms with Crippen LogP contribution < -0.4 is 5.32 Å². The number of aliphatic carboxylic acids is 1. The number of nitrogens with one attached hydrogen (secondary N) is 1. The number of hydrogen-bond acceptors (Lipinski definition) is 3. The topological polar surface area (TPSA) is 66.4 Å². The molecular weight excluding hydrogens is 306 g/mol. The molecular formula is C11H14BrNO3S. The molecule has 94 valence electrons. The Labute approximate surface area is 112 Å². The molecule has 4 nitrogen and oxygen atoms in total. The van der Waals surface area contributed by atoms with E-state index >= 15 is 0 Å². The molecule has 6 heteroatoms. The molecule has 1 aromatic heterocycles. The fourth-order valence-corrected chi connectivity index (χ4v) is 2.56. The highest BCUT2D eigenvalue weighted by atomic mass is 79.9. The van der Waals surface area contributed by atoms with E-state index in [-0.39, 0.29) is 12.3 Å². The van der Waals surface area contributed by atoms with Gasteiger partial charge in [0.1, 0.15) is 0 Å². The third-order valence-corrected chi connectivity index (χ3v) is 3.96. The van der Waals surface area contributed by atoms with Gasteiger partial charge in [-0.15, -0.1) is 11.3 Å². The minimum Gasteiger partial charge on any atom is -0.481 e. The summed E-state index contributed by atoms with van der Waals surface area (Å²) in [4.78, 5) is 23.4. The molecule has 0 atom stereocenters. The molecule has 0 aliphatic carbocycles. The molecule has 0 aliphatic heterocycles. The Morgan fingerprint density at radius 1 is 1.53 bits per heavy atom. The molecule has 1 amide bonds. The van der Waals surface area contributed by atoms with Crippen molar-refractivity contribution >= 4 is 39.1 Å². The summed E-state index contributed by atoms with van der Waals surface area (Å²) in [6.45, 7) is 3.51. The van der Waals surface area contributed by atoms with E-state index in [1.54, 1.807) is 0 Å². The first-order chi connectivity index (χ1) is 7.81. The summed E-state index contributed by atoms with van der Waals surface area (Å²) in [7, 11) is 0. The first kappa shape index (κ1) is 14.2. The van der Waals surface area contributed by atoms with Gasteiger partial charge in [-0.25, -0.2) is 0 Å². The molecule has 0 saturated carbocycles. The Hall–Kier alpha value is -0.880. The van der Waals surface area contributed by atoms with Crippen molar-refractivity contribution < 1.29 is 14.7 Å². The largest absolute Gasteiger partial charge is 0.481 e. The smallest absolute Gasteiger partial charge is 0.309 e. The zero-order chi connectivity index (χ0) is 13.1. The number of carbonyl (C=O) groups excluding carboxylic acids is 1. The maximum absolute atomic E-state index is 11.6. The van der Waals surface area contributed by atoms with E-state index in [9.17, 15) is 9.59 Å². The number of carboxylic acids is 1. The van der Waals surface area contributed by atoms with E-state index in [0.29, 0.717) is 6.54 Å². The minimum absolute atomic E-state index is 0.0190. The van der Waals surface area contributed by atoms with Crippen molar-refractivity contribution in [3.05, 3.63) is 20.8 Å². The lowest BCUT2D eigenvalue weighted by molar-refractivity contribution is -0.149. The van der Waals surface area contributed by atoms with Gasteiger partial charge in [-0.1, -0.05) is 0 Å². The van der Waals surface area contributed by atoms with Gasteiger partial charge in [-0.05, 0) is 35.8 Å². The normalized spacial score (nSPS) is 11.2. The van der Waals surface area contributed by atoms with Gasteiger partial charge >= 0.3 is 5.97 Å². The minimum atomic E-state index is -1.03. The molecule has 0 saturated heterocycles. The summed E-state index contributed by atoms with van der Waals surface area (Å²) in [5.41, 5.74) is -1.03. The molecule has 1 heterocycles. The Bertz CT molecular complexity index is 428. The molecule has 0 unspecified atom stereocenters. The lowest BCUT2D eigenvalue weighted by Crippen LogP contribution is -2.32. The number of amides is 1. The Kier molecular flexibility index (Phi) is 4.70. The number of rotatable bonds is 5. The van der Waals surface area contributed by atoms with Crippen LogP contribution in [0, 0.1) is 5.41 Å². The van der Waals surface area contributed by atoms with Crippen LogP contribution in [0.3, 0.4) is 0 Å². The summed E-state index contributed by atoms with van der Waals surface area (Å²) in [6.07, 6.45) is -0.0190. The molecule has 0 bridgehead atoms. The van der Waals surface area contributed by atoms with Crippen LogP contribution in [0.25, 0.3) is 0 Å². The first-order valence-corrected chi connectivity index (χ1v) is 6.71. The van der Waals surface area contributed by atoms with E-state index < -0.39 is 11.4 Å². The van der Waals surface area contributed by atoms with Crippen molar-refractivity contribution in [2.45, 2.75) is 26.8 Å². The Morgan fingerprint density at radius 2 is 2.18 bits per heavy atom. The fraction of sp³-hybridized carbons (Fsp3) is 0.455. The fourth-order valence-electron chi connectivity index (χ4n) is 1.17. The van der Waals surface area contributed by atoms with Gasteiger partial charge < -0.3 is 10.4 Å². The van der Waals surface area contributed by atoms with Crippen LogP contribution in [-0.2, 0) is 16.1 Å². The highest BCUT2D eigenvalue weighted by Gasteiger charge is 2.29. The lowest BCUT2D eigenvalue weighted by atomic mass is 9.89. The van der Waals surface area contributed by atoms with Crippen molar-refractivity contribution in [3.8, 4) is 0 Å². The van der Waals surface area contributed by atoms with Gasteiger partial charge in [0.05, 0.1) is 12.0 Å². The summed E-state index contributed by atoms with van der Waals surface area (Å²) >= 11 is 4.86. The molecule has 1 aromatic rings. The third kappa shape index (κ3) is 4.47. The number of halogens is 1. The summed E-state index contributed by atoms with van der Waals surface area (Å²) in [6, 6.07) is 1.92. The van der Waals surface area contributed by atoms with Crippen LogP contribution in [0.4, 0.5) is 0 Å². The van der Waals surface area contributed by atoms with Gasteiger partial charge in [-0.3, -0.25) is 9.59 Å². The first-order valence-electron chi connectivity index (χ1n) is 5.04. The SMILES string of the molecule is CC(C)(CC(=O)NCc1cc(Br)cs1)C(=O)O. The van der Waals surface area contributed by atoms with Gasteiger partial charge in [0.25, 0.3) is 0 Å². The van der Waals surface area contributed by atoms with Crippen molar-refractivity contribution in [1.29, 1.82) is 0 Å². The van der Waals surface area contributed by atoms with E-state index in [0.717, 1.165) is 9.35 Å². The van der Waals surface area contributed by atoms with Crippen molar-refractivity contribution in [1.82, 2.24) is 5.32 Å². The van der Waals surface area contributed by atoms with E-state index in [4.69, 9.17) is 5.11 Å². The number of thiophene rings is 1.